The Kier molecular flexibility index (Phi) is 3.96. The lowest BCUT2D eigenvalue weighted by Crippen LogP contribution is -2.38. The van der Waals surface area contributed by atoms with Crippen molar-refractivity contribution in [2.45, 2.75) is 12.5 Å². The minimum atomic E-state index is -0.690. The van der Waals surface area contributed by atoms with Crippen molar-refractivity contribution in [3.8, 4) is 0 Å². The molecule has 0 aliphatic rings. The largest absolute Gasteiger partial charge is 0.467 e. The molecule has 100 valence electrons. The average molecular weight is 279 g/mol. The molecule has 2 rings (SSSR count). The van der Waals surface area contributed by atoms with E-state index >= 15 is 0 Å². The van der Waals surface area contributed by atoms with Crippen LogP contribution in [0.25, 0.3) is 10.2 Å². The van der Waals surface area contributed by atoms with Crippen molar-refractivity contribution in [2.75, 3.05) is 12.8 Å². The number of anilines is 1. The van der Waals surface area contributed by atoms with Crippen LogP contribution in [0.3, 0.4) is 0 Å². The van der Waals surface area contributed by atoms with Crippen molar-refractivity contribution in [3.05, 3.63) is 23.8 Å². The maximum absolute atomic E-state index is 11.5. The van der Waals surface area contributed by atoms with Crippen molar-refractivity contribution < 1.29 is 14.3 Å². The number of rotatable bonds is 5. The third-order valence-electron chi connectivity index (χ3n) is 2.66. The first-order valence-corrected chi connectivity index (χ1v) is 6.38. The molecule has 1 aromatic carbocycles. The highest BCUT2D eigenvalue weighted by Crippen LogP contribution is 2.25. The number of benzene rings is 1. The van der Waals surface area contributed by atoms with E-state index in [1.807, 2.05) is 18.2 Å². The van der Waals surface area contributed by atoms with Crippen molar-refractivity contribution >= 4 is 39.1 Å². The molecule has 0 saturated heterocycles. The Morgan fingerprint density at radius 1 is 1.63 bits per heavy atom. The van der Waals surface area contributed by atoms with Gasteiger partial charge < -0.3 is 15.8 Å². The molecule has 1 atom stereocenters. The van der Waals surface area contributed by atoms with Gasteiger partial charge in [-0.2, -0.15) is 0 Å². The molecule has 0 radical (unpaired) electrons. The zero-order chi connectivity index (χ0) is 13.8. The number of hydrogen-bond donors (Lipinski definition) is 2. The third-order valence-corrected chi connectivity index (χ3v) is 3.51. The van der Waals surface area contributed by atoms with Crippen LogP contribution in [0.4, 0.5) is 5.13 Å². The predicted molar refractivity (Wildman–Crippen MR) is 72.7 cm³/mol. The van der Waals surface area contributed by atoms with Crippen LogP contribution in [0.2, 0.25) is 0 Å². The van der Waals surface area contributed by atoms with E-state index < -0.39 is 12.0 Å². The minimum Gasteiger partial charge on any atom is -0.467 e. The van der Waals surface area contributed by atoms with E-state index in [9.17, 15) is 9.59 Å². The number of amides is 1. The van der Waals surface area contributed by atoms with Crippen molar-refractivity contribution in [1.29, 1.82) is 0 Å². The van der Waals surface area contributed by atoms with Gasteiger partial charge in [0.15, 0.2) is 5.13 Å². The fourth-order valence-electron chi connectivity index (χ4n) is 1.78. The Bertz CT molecular complexity index is 611. The molecule has 1 heterocycles. The Balaban J connectivity index is 2.22. The van der Waals surface area contributed by atoms with E-state index in [0.717, 1.165) is 15.8 Å². The fourth-order valence-corrected chi connectivity index (χ4v) is 2.58. The maximum atomic E-state index is 11.5. The van der Waals surface area contributed by atoms with E-state index in [4.69, 9.17) is 5.73 Å². The summed E-state index contributed by atoms with van der Waals surface area (Å²) in [6.07, 6.45) is 0.851. The van der Waals surface area contributed by atoms with E-state index in [0.29, 0.717) is 18.0 Å². The number of nitrogens with zero attached hydrogens (tertiary/aromatic N) is 1. The lowest BCUT2D eigenvalue weighted by atomic mass is 10.1. The van der Waals surface area contributed by atoms with Crippen LogP contribution >= 0.6 is 11.3 Å². The normalized spacial score (nSPS) is 12.1. The highest BCUT2D eigenvalue weighted by atomic mass is 32.1. The Labute approximate surface area is 113 Å². The molecular weight excluding hydrogens is 266 g/mol. The summed E-state index contributed by atoms with van der Waals surface area (Å²) in [5.41, 5.74) is 7.36. The molecule has 0 saturated carbocycles. The summed E-state index contributed by atoms with van der Waals surface area (Å²) in [5, 5.41) is 2.95. The summed E-state index contributed by atoms with van der Waals surface area (Å²) in [4.78, 5) is 26.2. The number of fused-ring (bicyclic) bond motifs is 1. The number of carbonyl (C=O) groups excluding carboxylic acids is 2. The smallest absolute Gasteiger partial charge is 0.328 e. The maximum Gasteiger partial charge on any atom is 0.328 e. The number of nitrogens with two attached hydrogens (primary N) is 1. The first kappa shape index (κ1) is 13.3. The van der Waals surface area contributed by atoms with Crippen LogP contribution in [0.5, 0.6) is 0 Å². The zero-order valence-electron chi connectivity index (χ0n) is 10.3. The SMILES string of the molecule is COC(=O)C(Cc1ccc2nc(N)sc2c1)NC=O. The molecule has 7 heteroatoms. The van der Waals surface area contributed by atoms with E-state index in [-0.39, 0.29) is 0 Å². The minimum absolute atomic E-state index is 0.360. The molecule has 0 aliphatic heterocycles. The van der Waals surface area contributed by atoms with Crippen LogP contribution < -0.4 is 11.1 Å². The predicted octanol–water partition coefficient (Wildman–Crippen LogP) is 0.709. The first-order chi connectivity index (χ1) is 9.13. The van der Waals surface area contributed by atoms with Gasteiger partial charge in [0.05, 0.1) is 17.3 Å². The standard InChI is InChI=1S/C12H13N3O3S/c1-18-11(17)9(14-6-16)4-7-2-3-8-10(5-7)19-12(13)15-8/h2-3,5-6,9H,4H2,1H3,(H2,13,15)(H,14,16). The molecule has 1 amide bonds. The van der Waals surface area contributed by atoms with Gasteiger partial charge in [0.2, 0.25) is 6.41 Å². The number of nitrogen functional groups attached to an aromatic ring is 1. The second-order valence-corrected chi connectivity index (χ2v) is 4.98. The van der Waals surface area contributed by atoms with Gasteiger partial charge >= 0.3 is 5.97 Å². The molecular formula is C12H13N3O3S. The van der Waals surface area contributed by atoms with Gasteiger partial charge in [-0.25, -0.2) is 9.78 Å². The van der Waals surface area contributed by atoms with E-state index in [1.165, 1.54) is 18.4 Å². The second kappa shape index (κ2) is 5.66. The number of methoxy groups -OCH3 is 1. The van der Waals surface area contributed by atoms with E-state index in [2.05, 4.69) is 15.0 Å². The lowest BCUT2D eigenvalue weighted by molar-refractivity contribution is -0.144. The first-order valence-electron chi connectivity index (χ1n) is 5.56. The Morgan fingerprint density at radius 3 is 3.11 bits per heavy atom. The number of nitrogens with one attached hydrogen (secondary N) is 1. The van der Waals surface area contributed by atoms with E-state index in [1.54, 1.807) is 0 Å². The summed E-state index contributed by atoms with van der Waals surface area (Å²) in [6.45, 7) is 0. The quantitative estimate of drug-likeness (QED) is 0.621. The summed E-state index contributed by atoms with van der Waals surface area (Å²) in [5.74, 6) is -0.476. The van der Waals surface area contributed by atoms with Crippen LogP contribution in [0.15, 0.2) is 18.2 Å². The third kappa shape index (κ3) is 3.00. The average Bonchev–Trinajstić information content (AvgIpc) is 2.76. The Hall–Kier alpha value is -2.15. The number of esters is 1. The molecule has 6 nitrogen and oxygen atoms in total. The van der Waals surface area contributed by atoms with Gasteiger partial charge in [-0.15, -0.1) is 0 Å². The van der Waals surface area contributed by atoms with Crippen LogP contribution in [-0.4, -0.2) is 30.5 Å². The summed E-state index contributed by atoms with van der Waals surface area (Å²) in [6, 6.07) is 4.91. The molecule has 1 unspecified atom stereocenters. The topological polar surface area (TPSA) is 94.3 Å². The highest BCUT2D eigenvalue weighted by Gasteiger charge is 2.18. The number of aromatic nitrogens is 1. The van der Waals surface area contributed by atoms with Crippen molar-refractivity contribution in [3.63, 3.8) is 0 Å². The number of carbonyl (C=O) groups is 2. The molecule has 2 aromatic rings. The van der Waals surface area contributed by atoms with Gasteiger partial charge in [-0.1, -0.05) is 17.4 Å². The molecule has 0 fully saturated rings. The summed E-state index contributed by atoms with van der Waals surface area (Å²) in [7, 11) is 1.29. The number of thiazole rings is 1. The molecule has 19 heavy (non-hydrogen) atoms. The van der Waals surface area contributed by atoms with Crippen molar-refractivity contribution in [1.82, 2.24) is 10.3 Å². The number of hydrogen-bond acceptors (Lipinski definition) is 6. The molecule has 1 aromatic heterocycles. The second-order valence-electron chi connectivity index (χ2n) is 3.92. The van der Waals surface area contributed by atoms with Crippen LogP contribution in [0, 0.1) is 0 Å². The van der Waals surface area contributed by atoms with Crippen molar-refractivity contribution in [2.24, 2.45) is 0 Å². The fraction of sp³-hybridized carbons (Fsp3) is 0.250. The monoisotopic (exact) mass is 279 g/mol. The van der Waals surface area contributed by atoms with Gasteiger partial charge in [0.1, 0.15) is 6.04 Å². The summed E-state index contributed by atoms with van der Waals surface area (Å²) < 4.78 is 5.59. The molecule has 3 N–H and O–H groups in total. The molecule has 0 spiro atoms. The van der Waals surface area contributed by atoms with Gasteiger partial charge in [0.25, 0.3) is 0 Å². The van der Waals surface area contributed by atoms with Gasteiger partial charge in [0, 0.05) is 6.42 Å². The van der Waals surface area contributed by atoms with Gasteiger partial charge in [-0.05, 0) is 17.7 Å². The highest BCUT2D eigenvalue weighted by molar-refractivity contribution is 7.22. The molecule has 0 bridgehead atoms. The Morgan fingerprint density at radius 2 is 2.42 bits per heavy atom. The number of ether oxygens (including phenoxy) is 1. The van der Waals surface area contributed by atoms with Crippen LogP contribution in [-0.2, 0) is 20.7 Å². The summed E-state index contributed by atoms with van der Waals surface area (Å²) >= 11 is 1.38. The van der Waals surface area contributed by atoms with Crippen LogP contribution in [0.1, 0.15) is 5.56 Å². The zero-order valence-corrected chi connectivity index (χ0v) is 11.1. The van der Waals surface area contributed by atoms with Gasteiger partial charge in [-0.3, -0.25) is 4.79 Å². The lowest BCUT2D eigenvalue weighted by Gasteiger charge is -2.13. The molecule has 0 aliphatic carbocycles.